The summed E-state index contributed by atoms with van der Waals surface area (Å²) in [7, 11) is 0. The first-order valence-electron chi connectivity index (χ1n) is 9.46. The zero-order valence-corrected chi connectivity index (χ0v) is 19.7. The molecule has 0 saturated heterocycles. The maximum atomic E-state index is 12.4. The van der Waals surface area contributed by atoms with Crippen molar-refractivity contribution < 1.29 is 9.59 Å². The first-order valence-corrected chi connectivity index (χ1v) is 11.6. The fourth-order valence-electron chi connectivity index (χ4n) is 2.80. The molecule has 0 unspecified atom stereocenters. The molecule has 6 nitrogen and oxygen atoms in total. The predicted octanol–water partition coefficient (Wildman–Crippen LogP) is 5.21. The van der Waals surface area contributed by atoms with Crippen molar-refractivity contribution in [3.05, 3.63) is 74.5 Å². The molecule has 0 aliphatic carbocycles. The van der Waals surface area contributed by atoms with Crippen LogP contribution in [0.3, 0.4) is 0 Å². The van der Waals surface area contributed by atoms with Crippen LogP contribution in [0.15, 0.2) is 47.6 Å². The Morgan fingerprint density at radius 2 is 1.71 bits per heavy atom. The number of nitrogens with one attached hydrogen (secondary N) is 1. The van der Waals surface area contributed by atoms with Gasteiger partial charge in [0.1, 0.15) is 5.82 Å². The van der Waals surface area contributed by atoms with Crippen molar-refractivity contribution in [2.24, 2.45) is 0 Å². The molecular weight excluding hydrogens is 479 g/mol. The highest BCUT2D eigenvalue weighted by atomic mass is 35.5. The molecular formula is C21H19Cl3N4O2S. The highest BCUT2D eigenvalue weighted by Crippen LogP contribution is 2.23. The van der Waals surface area contributed by atoms with E-state index < -0.39 is 0 Å². The standard InChI is InChI=1S/C21H19Cl3N4O2S/c1-2-28-19(9-10-25-20(30)14-5-8-16(23)17(24)11-14)26-27-21(28)31-12-18(29)13-3-6-15(22)7-4-13/h3-8,11H,2,9-10,12H2,1H3,(H,25,30). The van der Waals surface area contributed by atoms with Gasteiger partial charge in [0.25, 0.3) is 5.91 Å². The number of carbonyl (C=O) groups is 2. The zero-order valence-electron chi connectivity index (χ0n) is 16.6. The van der Waals surface area contributed by atoms with Gasteiger partial charge in [0.2, 0.25) is 0 Å². The lowest BCUT2D eigenvalue weighted by Gasteiger charge is -2.08. The first-order chi connectivity index (χ1) is 14.9. The normalized spacial score (nSPS) is 10.8. The number of benzene rings is 2. The van der Waals surface area contributed by atoms with E-state index in [-0.39, 0.29) is 17.4 Å². The zero-order chi connectivity index (χ0) is 22.4. The van der Waals surface area contributed by atoms with E-state index in [1.54, 1.807) is 36.4 Å². The Labute approximate surface area is 199 Å². The average Bonchev–Trinajstić information content (AvgIpc) is 3.16. The van der Waals surface area contributed by atoms with Crippen LogP contribution < -0.4 is 5.32 Å². The molecule has 0 saturated carbocycles. The van der Waals surface area contributed by atoms with Gasteiger partial charge in [-0.2, -0.15) is 0 Å². The van der Waals surface area contributed by atoms with E-state index in [2.05, 4.69) is 15.5 Å². The molecule has 0 atom stereocenters. The van der Waals surface area contributed by atoms with Gasteiger partial charge in [0, 0.05) is 35.7 Å². The first kappa shape index (κ1) is 23.6. The quantitative estimate of drug-likeness (QED) is 0.324. The van der Waals surface area contributed by atoms with Gasteiger partial charge in [-0.25, -0.2) is 0 Å². The van der Waals surface area contributed by atoms with Crippen LogP contribution >= 0.6 is 46.6 Å². The van der Waals surface area contributed by atoms with E-state index in [1.165, 1.54) is 17.8 Å². The summed E-state index contributed by atoms with van der Waals surface area (Å²) in [6.07, 6.45) is 0.500. The smallest absolute Gasteiger partial charge is 0.251 e. The molecule has 1 amide bonds. The number of halogens is 3. The minimum Gasteiger partial charge on any atom is -0.352 e. The molecule has 2 aromatic carbocycles. The van der Waals surface area contributed by atoms with Crippen molar-refractivity contribution in [1.82, 2.24) is 20.1 Å². The van der Waals surface area contributed by atoms with Crippen LogP contribution in [0.4, 0.5) is 0 Å². The second kappa shape index (κ2) is 11.0. The summed E-state index contributed by atoms with van der Waals surface area (Å²) in [5.41, 5.74) is 1.04. The minimum atomic E-state index is -0.246. The fraction of sp³-hybridized carbons (Fsp3) is 0.238. The second-order valence-corrected chi connectivity index (χ2v) is 8.69. The van der Waals surface area contributed by atoms with Crippen LogP contribution in [0.2, 0.25) is 15.1 Å². The predicted molar refractivity (Wildman–Crippen MR) is 125 cm³/mol. The Balaban J connectivity index is 1.55. The maximum Gasteiger partial charge on any atom is 0.251 e. The number of amides is 1. The summed E-state index contributed by atoms with van der Waals surface area (Å²) >= 11 is 19.0. The summed E-state index contributed by atoms with van der Waals surface area (Å²) in [6, 6.07) is 11.5. The molecule has 0 spiro atoms. The number of hydrogen-bond acceptors (Lipinski definition) is 5. The average molecular weight is 498 g/mol. The highest BCUT2D eigenvalue weighted by Gasteiger charge is 2.15. The minimum absolute atomic E-state index is 0.0113. The monoisotopic (exact) mass is 496 g/mol. The summed E-state index contributed by atoms with van der Waals surface area (Å²) in [6.45, 7) is 3.01. The van der Waals surface area contributed by atoms with Crippen LogP contribution in [0.1, 0.15) is 33.5 Å². The second-order valence-electron chi connectivity index (χ2n) is 6.50. The van der Waals surface area contributed by atoms with Gasteiger partial charge in [-0.05, 0) is 49.4 Å². The van der Waals surface area contributed by atoms with Crippen molar-refractivity contribution in [3.63, 3.8) is 0 Å². The Morgan fingerprint density at radius 1 is 1.00 bits per heavy atom. The summed E-state index contributed by atoms with van der Waals surface area (Å²) in [4.78, 5) is 24.7. The summed E-state index contributed by atoms with van der Waals surface area (Å²) in [5.74, 6) is 0.721. The topological polar surface area (TPSA) is 76.9 Å². The Kier molecular flexibility index (Phi) is 8.37. The molecule has 0 aliphatic heterocycles. The number of carbonyl (C=O) groups excluding carboxylic acids is 2. The van der Waals surface area contributed by atoms with Crippen LogP contribution in [-0.4, -0.2) is 38.8 Å². The van der Waals surface area contributed by atoms with Crippen molar-refractivity contribution in [2.45, 2.75) is 25.0 Å². The number of nitrogens with zero attached hydrogens (tertiary/aromatic N) is 3. The van der Waals surface area contributed by atoms with Crippen LogP contribution in [0.5, 0.6) is 0 Å². The molecule has 1 heterocycles. The Bertz CT molecular complexity index is 1090. The van der Waals surface area contributed by atoms with E-state index in [9.17, 15) is 9.59 Å². The van der Waals surface area contributed by atoms with E-state index >= 15 is 0 Å². The van der Waals surface area contributed by atoms with Gasteiger partial charge in [0.15, 0.2) is 10.9 Å². The van der Waals surface area contributed by atoms with E-state index in [0.717, 1.165) is 5.82 Å². The van der Waals surface area contributed by atoms with Gasteiger partial charge in [-0.1, -0.05) is 46.6 Å². The third-order valence-electron chi connectivity index (χ3n) is 4.42. The van der Waals surface area contributed by atoms with Gasteiger partial charge in [-0.15, -0.1) is 10.2 Å². The van der Waals surface area contributed by atoms with Crippen molar-refractivity contribution >= 4 is 58.3 Å². The molecule has 162 valence electrons. The fourth-order valence-corrected chi connectivity index (χ4v) is 4.14. The van der Waals surface area contributed by atoms with Crippen molar-refractivity contribution in [3.8, 4) is 0 Å². The lowest BCUT2D eigenvalue weighted by atomic mass is 10.1. The Hall–Kier alpha value is -2.06. The van der Waals surface area contributed by atoms with Crippen LogP contribution in [0, 0.1) is 0 Å². The maximum absolute atomic E-state index is 12.4. The lowest BCUT2D eigenvalue weighted by molar-refractivity contribution is 0.0953. The number of hydrogen-bond donors (Lipinski definition) is 1. The largest absolute Gasteiger partial charge is 0.352 e. The van der Waals surface area contributed by atoms with Crippen molar-refractivity contribution in [2.75, 3.05) is 12.3 Å². The molecule has 0 bridgehead atoms. The molecule has 0 radical (unpaired) electrons. The number of rotatable bonds is 9. The van der Waals surface area contributed by atoms with Gasteiger partial charge in [0.05, 0.1) is 15.8 Å². The number of Topliss-reactive ketones (excluding diaryl/α,β-unsaturated/α-hetero) is 1. The Morgan fingerprint density at radius 3 is 2.39 bits per heavy atom. The lowest BCUT2D eigenvalue weighted by Crippen LogP contribution is -2.26. The third kappa shape index (κ3) is 6.23. The van der Waals surface area contributed by atoms with Gasteiger partial charge < -0.3 is 9.88 Å². The molecule has 0 aliphatic rings. The molecule has 1 N–H and O–H groups in total. The summed E-state index contributed by atoms with van der Waals surface area (Å²) in [5, 5.41) is 13.2. The number of aromatic nitrogens is 3. The van der Waals surface area contributed by atoms with Crippen LogP contribution in [-0.2, 0) is 13.0 Å². The molecule has 1 aromatic heterocycles. The highest BCUT2D eigenvalue weighted by molar-refractivity contribution is 7.99. The van der Waals surface area contributed by atoms with E-state index in [1.807, 2.05) is 11.5 Å². The van der Waals surface area contributed by atoms with Crippen LogP contribution in [0.25, 0.3) is 0 Å². The molecule has 10 heteroatoms. The van der Waals surface area contributed by atoms with Crippen molar-refractivity contribution in [1.29, 1.82) is 0 Å². The van der Waals surface area contributed by atoms with E-state index in [0.29, 0.717) is 50.9 Å². The number of ketones is 1. The molecule has 0 fully saturated rings. The molecule has 3 aromatic rings. The van der Waals surface area contributed by atoms with E-state index in [4.69, 9.17) is 34.8 Å². The third-order valence-corrected chi connectivity index (χ3v) is 6.38. The molecule has 3 rings (SSSR count). The number of thioether (sulfide) groups is 1. The van der Waals surface area contributed by atoms with Gasteiger partial charge >= 0.3 is 0 Å². The van der Waals surface area contributed by atoms with Gasteiger partial charge in [-0.3, -0.25) is 9.59 Å². The SMILES string of the molecule is CCn1c(CCNC(=O)c2ccc(Cl)c(Cl)c2)nnc1SCC(=O)c1ccc(Cl)cc1. The molecule has 31 heavy (non-hydrogen) atoms. The summed E-state index contributed by atoms with van der Waals surface area (Å²) < 4.78 is 1.94.